The van der Waals surface area contributed by atoms with Crippen molar-refractivity contribution in [1.29, 1.82) is 0 Å². The smallest absolute Gasteiger partial charge is 0.315 e. The first-order valence-corrected chi connectivity index (χ1v) is 7.42. The maximum atomic E-state index is 11.6. The highest BCUT2D eigenvalue weighted by atomic mass is 35.5. The summed E-state index contributed by atoms with van der Waals surface area (Å²) in [5.41, 5.74) is 1.96. The highest BCUT2D eigenvalue weighted by Gasteiger charge is 1.98. The second-order valence-electron chi connectivity index (χ2n) is 4.63. The molecule has 0 aliphatic heterocycles. The van der Waals surface area contributed by atoms with Gasteiger partial charge in [-0.15, -0.1) is 0 Å². The number of halogens is 1. The molecule has 0 saturated carbocycles. The van der Waals surface area contributed by atoms with Crippen LogP contribution >= 0.6 is 11.6 Å². The van der Waals surface area contributed by atoms with Crippen LogP contribution in [0.1, 0.15) is 11.1 Å². The molecule has 2 N–H and O–H groups in total. The third kappa shape index (κ3) is 5.51. The highest BCUT2D eigenvalue weighted by molar-refractivity contribution is 6.31. The number of carbonyl (C=O) groups is 1. The Labute approximate surface area is 135 Å². The maximum absolute atomic E-state index is 11.6. The molecule has 2 aromatic rings. The van der Waals surface area contributed by atoms with Gasteiger partial charge < -0.3 is 10.6 Å². The minimum absolute atomic E-state index is 0.218. The Morgan fingerprint density at radius 2 is 1.73 bits per heavy atom. The number of amides is 2. The molecule has 0 heterocycles. The van der Waals surface area contributed by atoms with Crippen LogP contribution in [0.25, 0.3) is 0 Å². The van der Waals surface area contributed by atoms with Crippen LogP contribution in [0, 0.1) is 11.8 Å². The van der Waals surface area contributed by atoms with Crippen LogP contribution < -0.4 is 10.6 Å². The van der Waals surface area contributed by atoms with Gasteiger partial charge in [-0.05, 0) is 24.1 Å². The molecule has 3 nitrogen and oxygen atoms in total. The van der Waals surface area contributed by atoms with E-state index in [2.05, 4.69) is 22.5 Å². The van der Waals surface area contributed by atoms with Crippen LogP contribution in [0.2, 0.25) is 5.02 Å². The van der Waals surface area contributed by atoms with Gasteiger partial charge in [0, 0.05) is 12.1 Å². The molecule has 0 fully saturated rings. The van der Waals surface area contributed by atoms with E-state index in [0.717, 1.165) is 12.0 Å². The molecule has 0 atom stereocenters. The zero-order valence-electron chi connectivity index (χ0n) is 12.1. The van der Waals surface area contributed by atoms with Crippen LogP contribution in [0.5, 0.6) is 0 Å². The van der Waals surface area contributed by atoms with Gasteiger partial charge >= 0.3 is 6.03 Å². The summed E-state index contributed by atoms with van der Waals surface area (Å²) in [6, 6.07) is 17.2. The van der Waals surface area contributed by atoms with Crippen molar-refractivity contribution >= 4 is 17.6 Å². The van der Waals surface area contributed by atoms with Crippen LogP contribution in [-0.4, -0.2) is 19.1 Å². The lowest BCUT2D eigenvalue weighted by molar-refractivity contribution is 0.242. The molecular formula is C18H17ClN2O. The van der Waals surface area contributed by atoms with Gasteiger partial charge in [0.1, 0.15) is 0 Å². The third-order valence-electron chi connectivity index (χ3n) is 2.98. The fraction of sp³-hybridized carbons (Fsp3) is 0.167. The first-order valence-electron chi connectivity index (χ1n) is 7.05. The molecule has 0 aliphatic rings. The maximum Gasteiger partial charge on any atom is 0.315 e. The Balaban J connectivity index is 1.67. The van der Waals surface area contributed by atoms with Gasteiger partial charge in [-0.1, -0.05) is 65.9 Å². The summed E-state index contributed by atoms with van der Waals surface area (Å²) >= 11 is 5.99. The molecule has 22 heavy (non-hydrogen) atoms. The van der Waals surface area contributed by atoms with Crippen molar-refractivity contribution in [2.45, 2.75) is 6.42 Å². The van der Waals surface area contributed by atoms with Crippen LogP contribution in [0.4, 0.5) is 4.79 Å². The van der Waals surface area contributed by atoms with Crippen molar-refractivity contribution in [2.24, 2.45) is 0 Å². The topological polar surface area (TPSA) is 41.1 Å². The second kappa shape index (κ2) is 8.76. The zero-order chi connectivity index (χ0) is 15.6. The normalized spacial score (nSPS) is 9.50. The summed E-state index contributed by atoms with van der Waals surface area (Å²) < 4.78 is 0. The van der Waals surface area contributed by atoms with Crippen LogP contribution in [-0.2, 0) is 6.42 Å². The first kappa shape index (κ1) is 15.9. The number of benzene rings is 2. The first-order chi connectivity index (χ1) is 10.8. The summed E-state index contributed by atoms with van der Waals surface area (Å²) in [7, 11) is 0. The molecule has 0 aromatic heterocycles. The van der Waals surface area contributed by atoms with Gasteiger partial charge in [0.2, 0.25) is 0 Å². The number of hydrogen-bond acceptors (Lipinski definition) is 1. The minimum atomic E-state index is -0.218. The Kier molecular flexibility index (Phi) is 6.35. The van der Waals surface area contributed by atoms with E-state index in [9.17, 15) is 4.79 Å². The molecule has 0 unspecified atom stereocenters. The molecule has 0 bridgehead atoms. The Morgan fingerprint density at radius 1 is 1.00 bits per heavy atom. The largest absolute Gasteiger partial charge is 0.338 e. The molecule has 2 rings (SSSR count). The van der Waals surface area contributed by atoms with E-state index >= 15 is 0 Å². The number of urea groups is 1. The molecule has 2 amide bonds. The van der Waals surface area contributed by atoms with E-state index in [1.54, 1.807) is 6.07 Å². The minimum Gasteiger partial charge on any atom is -0.338 e. The molecular weight excluding hydrogens is 296 g/mol. The van der Waals surface area contributed by atoms with Crippen molar-refractivity contribution in [2.75, 3.05) is 13.1 Å². The van der Waals surface area contributed by atoms with Gasteiger partial charge in [-0.3, -0.25) is 0 Å². The molecule has 112 valence electrons. The van der Waals surface area contributed by atoms with Crippen molar-refractivity contribution in [1.82, 2.24) is 10.6 Å². The van der Waals surface area contributed by atoms with E-state index in [1.165, 1.54) is 5.56 Å². The number of rotatable bonds is 4. The molecule has 0 radical (unpaired) electrons. The highest BCUT2D eigenvalue weighted by Crippen LogP contribution is 2.12. The van der Waals surface area contributed by atoms with Crippen molar-refractivity contribution in [3.63, 3.8) is 0 Å². The van der Waals surface area contributed by atoms with Gasteiger partial charge in [0.25, 0.3) is 0 Å². The van der Waals surface area contributed by atoms with E-state index in [-0.39, 0.29) is 12.6 Å². The predicted molar refractivity (Wildman–Crippen MR) is 89.9 cm³/mol. The molecule has 4 heteroatoms. The van der Waals surface area contributed by atoms with Crippen molar-refractivity contribution in [3.05, 3.63) is 70.7 Å². The number of hydrogen-bond donors (Lipinski definition) is 2. The molecule has 0 saturated heterocycles. The summed E-state index contributed by atoms with van der Waals surface area (Å²) in [4.78, 5) is 11.6. The lowest BCUT2D eigenvalue weighted by Gasteiger charge is -2.05. The lowest BCUT2D eigenvalue weighted by Crippen LogP contribution is -2.36. The summed E-state index contributed by atoms with van der Waals surface area (Å²) in [5, 5.41) is 6.10. The van der Waals surface area contributed by atoms with Gasteiger partial charge in [-0.25, -0.2) is 4.79 Å². The lowest BCUT2D eigenvalue weighted by atomic mass is 10.1. The summed E-state index contributed by atoms with van der Waals surface area (Å²) in [6.45, 7) is 0.871. The van der Waals surface area contributed by atoms with Gasteiger partial charge in [0.05, 0.1) is 11.6 Å². The van der Waals surface area contributed by atoms with E-state index in [4.69, 9.17) is 11.6 Å². The third-order valence-corrected chi connectivity index (χ3v) is 3.31. The summed E-state index contributed by atoms with van der Waals surface area (Å²) in [5.74, 6) is 5.80. The Bertz CT molecular complexity index is 674. The van der Waals surface area contributed by atoms with Gasteiger partial charge in [0.15, 0.2) is 0 Å². The molecule has 0 spiro atoms. The number of carbonyl (C=O) groups excluding carboxylic acids is 1. The average molecular weight is 313 g/mol. The fourth-order valence-electron chi connectivity index (χ4n) is 1.85. The molecule has 0 aliphatic carbocycles. The SMILES string of the molecule is O=C(NCC#Cc1ccccc1Cl)NCCc1ccccc1. The quantitative estimate of drug-likeness (QED) is 0.836. The van der Waals surface area contributed by atoms with Crippen molar-refractivity contribution in [3.8, 4) is 11.8 Å². The Morgan fingerprint density at radius 3 is 2.50 bits per heavy atom. The zero-order valence-corrected chi connectivity index (χ0v) is 12.9. The average Bonchev–Trinajstić information content (AvgIpc) is 2.54. The van der Waals surface area contributed by atoms with E-state index in [0.29, 0.717) is 11.6 Å². The summed E-state index contributed by atoms with van der Waals surface area (Å²) in [6.07, 6.45) is 0.805. The second-order valence-corrected chi connectivity index (χ2v) is 5.03. The fourth-order valence-corrected chi connectivity index (χ4v) is 2.04. The molecule has 2 aromatic carbocycles. The van der Waals surface area contributed by atoms with E-state index < -0.39 is 0 Å². The predicted octanol–water partition coefficient (Wildman–Crippen LogP) is 3.23. The Hall–Kier alpha value is -2.44. The van der Waals surface area contributed by atoms with Crippen LogP contribution in [0.3, 0.4) is 0 Å². The van der Waals surface area contributed by atoms with Gasteiger partial charge in [-0.2, -0.15) is 0 Å². The van der Waals surface area contributed by atoms with Crippen LogP contribution in [0.15, 0.2) is 54.6 Å². The number of nitrogens with one attached hydrogen (secondary N) is 2. The van der Waals surface area contributed by atoms with Crippen molar-refractivity contribution < 1.29 is 4.79 Å². The van der Waals surface area contributed by atoms with E-state index in [1.807, 2.05) is 48.5 Å². The standard InChI is InChI=1S/C18H17ClN2O/c19-17-11-5-4-9-16(17)10-6-13-20-18(22)21-14-12-15-7-2-1-3-8-15/h1-5,7-9,11H,12-14H2,(H2,20,21,22). The monoisotopic (exact) mass is 312 g/mol.